The van der Waals surface area contributed by atoms with Gasteiger partial charge in [0.1, 0.15) is 18.0 Å². The lowest BCUT2D eigenvalue weighted by Gasteiger charge is -2.33. The van der Waals surface area contributed by atoms with Crippen LogP contribution in [0.25, 0.3) is 11.3 Å². The number of nitrogens with one attached hydrogen (secondary N) is 2. The summed E-state index contributed by atoms with van der Waals surface area (Å²) in [5.41, 5.74) is 4.23. The second kappa shape index (κ2) is 11.9. The molecule has 0 saturated carbocycles. The van der Waals surface area contributed by atoms with Gasteiger partial charge in [-0.1, -0.05) is 0 Å². The van der Waals surface area contributed by atoms with Crippen molar-refractivity contribution in [1.29, 1.82) is 0 Å². The highest BCUT2D eigenvalue weighted by Gasteiger charge is 2.39. The summed E-state index contributed by atoms with van der Waals surface area (Å²) < 4.78 is 33.0. The van der Waals surface area contributed by atoms with Gasteiger partial charge in [0.05, 0.1) is 11.3 Å². The molecule has 2 unspecified atom stereocenters. The van der Waals surface area contributed by atoms with Gasteiger partial charge < -0.3 is 19.9 Å². The maximum Gasteiger partial charge on any atom is 0.387 e. The molecule has 4 aliphatic heterocycles. The van der Waals surface area contributed by atoms with Gasteiger partial charge >= 0.3 is 6.61 Å². The number of anilines is 1. The normalized spacial score (nSPS) is 21.7. The van der Waals surface area contributed by atoms with Crippen molar-refractivity contribution < 1.29 is 23.1 Å². The standard InChI is InChI=1S/C28H32F2N8O3S/c1-35-9-3-5-17-13-36(15-22(17)35)24(39)16-37-14-21(33-27(40)20-12-32-38-10-4-8-31-26(20)38)25(34-37)19-11-18(42-2)6-7-23(19)41-28(29)30/h4,6-8,10-11,14,17,22,28,32H,3,5,9,12-13,15-16H2,1-2H3,(H,33,40). The van der Waals surface area contributed by atoms with E-state index in [2.05, 4.69) is 32.8 Å². The van der Waals surface area contributed by atoms with Crippen LogP contribution in [0.15, 0.2) is 58.0 Å². The monoisotopic (exact) mass is 598 g/mol. The number of alkyl halides is 2. The predicted molar refractivity (Wildman–Crippen MR) is 155 cm³/mol. The molecule has 42 heavy (non-hydrogen) atoms. The SMILES string of the molecule is CSc1ccc(OC(F)F)c(-c2nn(CC(=O)N3CC4CCCN(C)C4C3)cc2NC(=O)C2=C3N=CC=CN3NC2)c1. The molecule has 2 amide bonds. The van der Waals surface area contributed by atoms with Crippen LogP contribution in [0.4, 0.5) is 14.5 Å². The predicted octanol–water partition coefficient (Wildman–Crippen LogP) is 2.99. The van der Waals surface area contributed by atoms with Crippen LogP contribution >= 0.6 is 11.8 Å². The highest BCUT2D eigenvalue weighted by Crippen LogP contribution is 2.38. The number of carbonyl (C=O) groups excluding carboxylic acids is 2. The summed E-state index contributed by atoms with van der Waals surface area (Å²) in [6, 6.07) is 5.16. The van der Waals surface area contributed by atoms with Crippen molar-refractivity contribution in [2.24, 2.45) is 10.9 Å². The minimum Gasteiger partial charge on any atom is -0.434 e. The molecule has 2 aromatic rings. The maximum absolute atomic E-state index is 13.4. The van der Waals surface area contributed by atoms with Crippen LogP contribution in [0.5, 0.6) is 5.75 Å². The number of carbonyl (C=O) groups is 2. The Kier molecular flexibility index (Phi) is 8.01. The van der Waals surface area contributed by atoms with Crippen molar-refractivity contribution in [3.8, 4) is 17.0 Å². The van der Waals surface area contributed by atoms with Crippen molar-refractivity contribution >= 4 is 35.5 Å². The first-order valence-corrected chi connectivity index (χ1v) is 15.0. The molecule has 2 fully saturated rings. The number of hydrazine groups is 1. The number of likely N-dealkylation sites (N-methyl/N-ethyl adjacent to an activating group) is 1. The third kappa shape index (κ3) is 5.65. The van der Waals surface area contributed by atoms with Gasteiger partial charge in [-0.2, -0.15) is 13.9 Å². The Morgan fingerprint density at radius 1 is 1.29 bits per heavy atom. The molecule has 0 radical (unpaired) electrons. The van der Waals surface area contributed by atoms with E-state index in [1.54, 1.807) is 41.8 Å². The quantitative estimate of drug-likeness (QED) is 0.447. The smallest absolute Gasteiger partial charge is 0.387 e. The zero-order valence-corrected chi connectivity index (χ0v) is 24.1. The second-order valence-electron chi connectivity index (χ2n) is 10.7. The molecule has 2 saturated heterocycles. The maximum atomic E-state index is 13.4. The van der Waals surface area contributed by atoms with Gasteiger partial charge in [0.25, 0.3) is 5.91 Å². The van der Waals surface area contributed by atoms with Gasteiger partial charge in [-0.05, 0) is 62.9 Å². The Morgan fingerprint density at radius 3 is 2.93 bits per heavy atom. The van der Waals surface area contributed by atoms with Crippen LogP contribution < -0.4 is 15.5 Å². The molecule has 6 rings (SSSR count). The van der Waals surface area contributed by atoms with Gasteiger partial charge in [-0.3, -0.25) is 19.3 Å². The van der Waals surface area contributed by atoms with E-state index in [0.717, 1.165) is 24.3 Å². The van der Waals surface area contributed by atoms with Crippen LogP contribution in [0, 0.1) is 5.92 Å². The minimum absolute atomic E-state index is 0.0579. The number of aliphatic imine (C=N–C) groups is 1. The number of piperidine rings is 1. The van der Waals surface area contributed by atoms with Crippen molar-refractivity contribution in [2.45, 2.75) is 36.9 Å². The van der Waals surface area contributed by atoms with Gasteiger partial charge in [-0.15, -0.1) is 11.8 Å². The molecular formula is C28H32F2N8O3S. The Bertz CT molecular complexity index is 1470. The zero-order valence-electron chi connectivity index (χ0n) is 23.3. The number of thioether (sulfide) groups is 1. The Hall–Kier alpha value is -3.75. The van der Waals surface area contributed by atoms with Crippen LogP contribution in [0.1, 0.15) is 12.8 Å². The molecule has 11 nitrogen and oxygen atoms in total. The van der Waals surface area contributed by atoms with Gasteiger partial charge in [0, 0.05) is 54.7 Å². The van der Waals surface area contributed by atoms with E-state index >= 15 is 0 Å². The van der Waals surface area contributed by atoms with E-state index in [-0.39, 0.29) is 41.7 Å². The average molecular weight is 599 g/mol. The fourth-order valence-electron chi connectivity index (χ4n) is 6.01. The summed E-state index contributed by atoms with van der Waals surface area (Å²) in [7, 11) is 2.10. The molecule has 5 heterocycles. The number of ether oxygens (including phenoxy) is 1. The highest BCUT2D eigenvalue weighted by molar-refractivity contribution is 7.98. The Morgan fingerprint density at radius 2 is 2.14 bits per heavy atom. The summed E-state index contributed by atoms with van der Waals surface area (Å²) in [6.07, 6.45) is 10.7. The summed E-state index contributed by atoms with van der Waals surface area (Å²) in [6.45, 7) is -0.476. The number of fused-ring (bicyclic) bond motifs is 2. The Balaban J connectivity index is 1.32. The second-order valence-corrected chi connectivity index (χ2v) is 11.5. The first-order chi connectivity index (χ1) is 20.3. The molecule has 2 N–H and O–H groups in total. The average Bonchev–Trinajstić information content (AvgIpc) is 3.70. The molecule has 0 bridgehead atoms. The largest absolute Gasteiger partial charge is 0.434 e. The molecule has 222 valence electrons. The zero-order chi connectivity index (χ0) is 29.4. The first-order valence-electron chi connectivity index (χ1n) is 13.8. The molecular weight excluding hydrogens is 566 g/mol. The third-order valence-electron chi connectivity index (χ3n) is 8.09. The molecule has 1 aromatic heterocycles. The summed E-state index contributed by atoms with van der Waals surface area (Å²) >= 11 is 1.43. The summed E-state index contributed by atoms with van der Waals surface area (Å²) in [5, 5.41) is 9.17. The number of rotatable bonds is 8. The van der Waals surface area contributed by atoms with Crippen LogP contribution in [0.3, 0.4) is 0 Å². The summed E-state index contributed by atoms with van der Waals surface area (Å²) in [4.78, 5) is 36.2. The molecule has 0 spiro atoms. The lowest BCUT2D eigenvalue weighted by atomic mass is 9.93. The Labute approximate surface area is 246 Å². The van der Waals surface area contributed by atoms with Gasteiger partial charge in [-0.25, -0.2) is 10.4 Å². The highest BCUT2D eigenvalue weighted by atomic mass is 32.2. The molecule has 1 aromatic carbocycles. The molecule has 0 aliphatic carbocycles. The van der Waals surface area contributed by atoms with Crippen LogP contribution in [-0.4, -0.2) is 94.8 Å². The number of benzene rings is 1. The number of amides is 2. The number of hydrogen-bond acceptors (Lipinski definition) is 9. The van der Waals surface area contributed by atoms with Gasteiger partial charge in [0.2, 0.25) is 5.91 Å². The van der Waals surface area contributed by atoms with Crippen molar-refractivity contribution in [3.63, 3.8) is 0 Å². The van der Waals surface area contributed by atoms with E-state index in [1.165, 1.54) is 22.5 Å². The minimum atomic E-state index is -3.05. The van der Waals surface area contributed by atoms with Crippen LogP contribution in [0.2, 0.25) is 0 Å². The van der Waals surface area contributed by atoms with E-state index in [1.807, 2.05) is 11.2 Å². The molecule has 4 aliphatic rings. The van der Waals surface area contributed by atoms with E-state index in [9.17, 15) is 18.4 Å². The van der Waals surface area contributed by atoms with E-state index in [0.29, 0.717) is 36.4 Å². The number of nitrogens with zero attached hydrogens (tertiary/aromatic N) is 6. The van der Waals surface area contributed by atoms with Crippen LogP contribution in [-0.2, 0) is 16.1 Å². The van der Waals surface area contributed by atoms with Gasteiger partial charge in [0.15, 0.2) is 5.82 Å². The number of allylic oxidation sites excluding steroid dienone is 1. The van der Waals surface area contributed by atoms with E-state index < -0.39 is 12.5 Å². The number of aromatic nitrogens is 2. The third-order valence-corrected chi connectivity index (χ3v) is 8.82. The lowest BCUT2D eigenvalue weighted by molar-refractivity contribution is -0.131. The molecule has 2 atom stereocenters. The number of likely N-dealkylation sites (tertiary alicyclic amines) is 2. The van der Waals surface area contributed by atoms with Crippen molar-refractivity contribution in [3.05, 3.63) is 48.1 Å². The number of halogens is 2. The van der Waals surface area contributed by atoms with Crippen molar-refractivity contribution in [2.75, 3.05) is 44.8 Å². The van der Waals surface area contributed by atoms with Crippen molar-refractivity contribution in [1.82, 2.24) is 30.0 Å². The topological polar surface area (TPSA) is 107 Å². The first kappa shape index (κ1) is 28.4. The molecule has 14 heteroatoms. The fourth-order valence-corrected chi connectivity index (χ4v) is 6.45. The summed E-state index contributed by atoms with van der Waals surface area (Å²) in [5.74, 6) is 0.314. The number of hydrogen-bond donors (Lipinski definition) is 2. The fraction of sp³-hybridized carbons (Fsp3) is 0.429. The van der Waals surface area contributed by atoms with E-state index in [4.69, 9.17) is 4.74 Å². The lowest BCUT2D eigenvalue weighted by Crippen LogP contribution is -2.42.